The van der Waals surface area contributed by atoms with Gasteiger partial charge in [0.1, 0.15) is 5.82 Å². The van der Waals surface area contributed by atoms with Crippen molar-refractivity contribution in [3.05, 3.63) is 99.6 Å². The zero-order valence-corrected chi connectivity index (χ0v) is 18.3. The molecule has 0 saturated heterocycles. The number of hydrogen-bond acceptors (Lipinski definition) is 0. The molecular formula is C22H3AlF14. The van der Waals surface area contributed by atoms with Crippen molar-refractivity contribution >= 4 is 38.2 Å². The summed E-state index contributed by atoms with van der Waals surface area (Å²) in [6.07, 6.45) is 0. The molecule has 0 fully saturated rings. The van der Waals surface area contributed by atoms with Gasteiger partial charge in [0.05, 0.1) is 5.39 Å². The normalized spacial score (nSPS) is 11.5. The van der Waals surface area contributed by atoms with Gasteiger partial charge in [-0.3, -0.25) is 0 Å². The van der Waals surface area contributed by atoms with Crippen molar-refractivity contribution in [2.24, 2.45) is 0 Å². The van der Waals surface area contributed by atoms with E-state index < -0.39 is 120 Å². The lowest BCUT2D eigenvalue weighted by atomic mass is 10.1. The molecule has 0 radical (unpaired) electrons. The van der Waals surface area contributed by atoms with E-state index in [9.17, 15) is 61.5 Å². The topological polar surface area (TPSA) is 0 Å². The molecule has 4 aromatic carbocycles. The fraction of sp³-hybridized carbons (Fsp3) is 0. The van der Waals surface area contributed by atoms with Gasteiger partial charge in [-0.05, 0) is 26.4 Å². The summed E-state index contributed by atoms with van der Waals surface area (Å²) >= 11 is -5.26. The van der Waals surface area contributed by atoms with E-state index in [0.29, 0.717) is 6.07 Å². The summed E-state index contributed by atoms with van der Waals surface area (Å²) in [7, 11) is 0. The molecule has 0 amide bonds. The molecule has 0 bridgehead atoms. The molecule has 4 rings (SSSR count). The molecule has 0 aromatic heterocycles. The van der Waals surface area contributed by atoms with Gasteiger partial charge in [-0.15, -0.1) is 0 Å². The van der Waals surface area contributed by atoms with Crippen molar-refractivity contribution in [2.75, 3.05) is 0 Å². The minimum atomic E-state index is -5.26. The SMILES string of the molecule is Fc1cc2[c]([Al]([c]3c(F)c(F)c(F)c(F)c3F)[c]3c(F)c(F)c(F)c(F)c3F)ccc(F)c2c(F)c1F. The second kappa shape index (κ2) is 9.22. The second-order valence-corrected chi connectivity index (χ2v) is 10.1. The predicted molar refractivity (Wildman–Crippen MR) is 101 cm³/mol. The van der Waals surface area contributed by atoms with E-state index in [2.05, 4.69) is 0 Å². The molecule has 37 heavy (non-hydrogen) atoms. The zero-order valence-electron chi connectivity index (χ0n) is 17.1. The Morgan fingerprint density at radius 2 is 0.757 bits per heavy atom. The number of rotatable bonds is 3. The highest BCUT2D eigenvalue weighted by Crippen LogP contribution is 2.27. The van der Waals surface area contributed by atoms with E-state index in [1.165, 1.54) is 0 Å². The summed E-state index contributed by atoms with van der Waals surface area (Å²) in [5.41, 5.74) is 0. The molecule has 0 saturated carbocycles. The Morgan fingerprint density at radius 3 is 1.16 bits per heavy atom. The molecule has 0 unspecified atom stereocenters. The smallest absolute Gasteiger partial charge is 0.206 e. The van der Waals surface area contributed by atoms with Crippen LogP contribution in [0, 0.1) is 81.4 Å². The van der Waals surface area contributed by atoms with Crippen LogP contribution in [0.5, 0.6) is 0 Å². The molecule has 0 aliphatic carbocycles. The first-order chi connectivity index (χ1) is 17.2. The molecule has 0 aliphatic heterocycles. The van der Waals surface area contributed by atoms with Crippen molar-refractivity contribution in [3.8, 4) is 0 Å². The van der Waals surface area contributed by atoms with E-state index in [1.54, 1.807) is 0 Å². The third-order valence-electron chi connectivity index (χ3n) is 5.50. The van der Waals surface area contributed by atoms with Gasteiger partial charge in [0, 0.05) is 0 Å². The quantitative estimate of drug-likeness (QED) is 0.138. The molecule has 0 atom stereocenters. The predicted octanol–water partition coefficient (Wildman–Crippen LogP) is 5.30. The van der Waals surface area contributed by atoms with Crippen molar-refractivity contribution < 1.29 is 61.5 Å². The minimum absolute atomic E-state index is 0.0374. The minimum Gasteiger partial charge on any atom is -0.206 e. The maximum atomic E-state index is 14.8. The molecule has 0 nitrogen and oxygen atoms in total. The van der Waals surface area contributed by atoms with Crippen molar-refractivity contribution in [1.82, 2.24) is 0 Å². The van der Waals surface area contributed by atoms with E-state index >= 15 is 0 Å². The summed E-state index contributed by atoms with van der Waals surface area (Å²) in [5, 5.41) is -2.73. The van der Waals surface area contributed by atoms with Crippen LogP contribution in [0.25, 0.3) is 10.8 Å². The highest BCUT2D eigenvalue weighted by Gasteiger charge is 2.43. The second-order valence-electron chi connectivity index (χ2n) is 7.45. The van der Waals surface area contributed by atoms with Crippen molar-refractivity contribution in [1.29, 1.82) is 0 Å². The largest absolute Gasteiger partial charge is 0.404 e. The summed E-state index contributed by atoms with van der Waals surface area (Å²) in [4.78, 5) is 0. The van der Waals surface area contributed by atoms with Crippen LogP contribution in [0.15, 0.2) is 18.2 Å². The molecular weight excluding hydrogens is 557 g/mol. The first-order valence-corrected chi connectivity index (χ1v) is 11.2. The highest BCUT2D eigenvalue weighted by atomic mass is 27.2. The van der Waals surface area contributed by atoms with Crippen LogP contribution in [-0.2, 0) is 0 Å². The zero-order chi connectivity index (χ0) is 27.7. The third kappa shape index (κ3) is 3.83. The first kappa shape index (κ1) is 26.7. The number of halogens is 14. The molecule has 0 aliphatic rings. The van der Waals surface area contributed by atoms with E-state index in [-0.39, 0.29) is 12.1 Å². The molecule has 0 N–H and O–H groups in total. The lowest BCUT2D eigenvalue weighted by Gasteiger charge is -2.20. The van der Waals surface area contributed by atoms with Gasteiger partial charge in [0.15, 0.2) is 75.6 Å². The Morgan fingerprint density at radius 1 is 0.378 bits per heavy atom. The monoisotopic (exact) mass is 560 g/mol. The number of fused-ring (bicyclic) bond motifs is 1. The van der Waals surface area contributed by atoms with Crippen LogP contribution >= 0.6 is 0 Å². The van der Waals surface area contributed by atoms with Crippen molar-refractivity contribution in [2.45, 2.75) is 0 Å². The number of benzene rings is 4. The standard InChI is InChI=1S/C10H3F4.2C6F5.Al/c11-6-3-1-2-5-4-7(12)9(13)10(14)8(5)6;2*7-2-1-3(8)5(10)6(11)4(2)9;/h1,3-4H;;;. The third-order valence-corrected chi connectivity index (χ3v) is 8.79. The fourth-order valence-electron chi connectivity index (χ4n) is 3.85. The molecule has 4 aromatic rings. The van der Waals surface area contributed by atoms with Gasteiger partial charge < -0.3 is 0 Å². The first-order valence-electron chi connectivity index (χ1n) is 9.50. The summed E-state index contributed by atoms with van der Waals surface area (Å²) in [6, 6.07) is 0.474. The van der Waals surface area contributed by atoms with Crippen LogP contribution < -0.4 is 13.3 Å². The summed E-state index contributed by atoms with van der Waals surface area (Å²) < 4.78 is 194. The Hall–Kier alpha value is -3.31. The fourth-order valence-corrected chi connectivity index (χ4v) is 7.11. The summed E-state index contributed by atoms with van der Waals surface area (Å²) in [5.74, 6) is -35.7. The Balaban J connectivity index is 2.30. The van der Waals surface area contributed by atoms with Crippen LogP contribution in [-0.4, -0.2) is 14.1 Å². The average molecular weight is 560 g/mol. The van der Waals surface area contributed by atoms with Gasteiger partial charge in [0.25, 0.3) is 0 Å². The molecule has 0 spiro atoms. The summed E-state index contributed by atoms with van der Waals surface area (Å²) in [6.45, 7) is 0. The number of hydrogen-bond donors (Lipinski definition) is 0. The van der Waals surface area contributed by atoms with Crippen LogP contribution in [0.1, 0.15) is 0 Å². The van der Waals surface area contributed by atoms with Gasteiger partial charge in [0.2, 0.25) is 0 Å². The van der Waals surface area contributed by atoms with Crippen LogP contribution in [0.2, 0.25) is 0 Å². The maximum absolute atomic E-state index is 14.8. The van der Waals surface area contributed by atoms with Crippen LogP contribution in [0.4, 0.5) is 61.5 Å². The van der Waals surface area contributed by atoms with Gasteiger partial charge in [-0.25, -0.2) is 61.5 Å². The molecule has 0 heterocycles. The van der Waals surface area contributed by atoms with E-state index in [1.807, 2.05) is 0 Å². The van der Waals surface area contributed by atoms with Crippen LogP contribution in [0.3, 0.4) is 0 Å². The maximum Gasteiger partial charge on any atom is 0.404 e. The molecule has 192 valence electrons. The molecule has 15 heteroatoms. The Labute approximate surface area is 199 Å². The van der Waals surface area contributed by atoms with Crippen molar-refractivity contribution in [3.63, 3.8) is 0 Å². The van der Waals surface area contributed by atoms with E-state index in [0.717, 1.165) is 0 Å². The van der Waals surface area contributed by atoms with E-state index in [4.69, 9.17) is 0 Å². The van der Waals surface area contributed by atoms with Gasteiger partial charge in [-0.2, -0.15) is 0 Å². The van der Waals surface area contributed by atoms with Gasteiger partial charge in [-0.1, -0.05) is 10.5 Å². The van der Waals surface area contributed by atoms with Gasteiger partial charge >= 0.3 is 14.1 Å². The Kier molecular flexibility index (Phi) is 6.66. The Bertz CT molecular complexity index is 1500. The average Bonchev–Trinajstić information content (AvgIpc) is 2.86. The highest BCUT2D eigenvalue weighted by molar-refractivity contribution is 6.97. The lowest BCUT2D eigenvalue weighted by molar-refractivity contribution is 0.382. The lowest BCUT2D eigenvalue weighted by Crippen LogP contribution is -2.58.